The topological polar surface area (TPSA) is 116 Å². The molecule has 0 bridgehead atoms. The molecule has 0 aliphatic carbocycles. The number of fused-ring (bicyclic) bond motifs is 1. The summed E-state index contributed by atoms with van der Waals surface area (Å²) in [6, 6.07) is 3.39. The fourth-order valence-corrected chi connectivity index (χ4v) is 4.06. The molecule has 0 saturated carbocycles. The van der Waals surface area contributed by atoms with Crippen LogP contribution in [-0.4, -0.2) is 40.5 Å². The van der Waals surface area contributed by atoms with Gasteiger partial charge >= 0.3 is 0 Å². The standard InChI is InChI=1S/C13H12N4O4S2/c1-3-23(19,20)13-16-17-10(14)9(11(18)15-12(17)22-13)6-8-5-4-7(2)21-8/h4-6,14H,3H2,1-2H3/b9-6+,14-10?. The van der Waals surface area contributed by atoms with Crippen molar-refractivity contribution in [2.45, 2.75) is 13.8 Å². The van der Waals surface area contributed by atoms with Crippen molar-refractivity contribution < 1.29 is 17.6 Å². The molecule has 3 heterocycles. The van der Waals surface area contributed by atoms with Crippen molar-refractivity contribution in [3.05, 3.63) is 29.2 Å². The molecule has 0 aromatic carbocycles. The molecule has 0 radical (unpaired) electrons. The van der Waals surface area contributed by atoms with Crippen molar-refractivity contribution in [1.29, 1.82) is 5.41 Å². The first kappa shape index (κ1) is 15.7. The van der Waals surface area contributed by atoms with Gasteiger partial charge in [0.05, 0.1) is 11.3 Å². The first-order valence-corrected chi connectivity index (χ1v) is 9.08. The number of nitrogens with zero attached hydrogens (tertiary/aromatic N) is 3. The largest absolute Gasteiger partial charge is 0.462 e. The van der Waals surface area contributed by atoms with E-state index in [1.807, 2.05) is 0 Å². The van der Waals surface area contributed by atoms with E-state index >= 15 is 0 Å². The normalized spacial score (nSPS) is 19.9. The molecule has 1 N–H and O–H groups in total. The van der Waals surface area contributed by atoms with Crippen LogP contribution in [0.25, 0.3) is 6.08 Å². The van der Waals surface area contributed by atoms with E-state index in [0.29, 0.717) is 11.5 Å². The Hall–Kier alpha value is -2.20. The van der Waals surface area contributed by atoms with Gasteiger partial charge in [-0.25, -0.2) is 8.42 Å². The Labute approximate surface area is 136 Å². The van der Waals surface area contributed by atoms with Crippen LogP contribution >= 0.6 is 11.8 Å². The van der Waals surface area contributed by atoms with Crippen molar-refractivity contribution in [2.24, 2.45) is 10.1 Å². The molecular weight excluding hydrogens is 340 g/mol. The molecule has 1 aromatic rings. The van der Waals surface area contributed by atoms with Crippen LogP contribution in [0.15, 0.2) is 32.2 Å². The number of hydrogen-bond acceptors (Lipinski definition) is 7. The summed E-state index contributed by atoms with van der Waals surface area (Å²) in [4.78, 5) is 15.9. The van der Waals surface area contributed by atoms with Crippen LogP contribution in [0, 0.1) is 12.3 Å². The summed E-state index contributed by atoms with van der Waals surface area (Å²) in [6.45, 7) is 3.26. The number of nitrogens with one attached hydrogen (secondary N) is 1. The molecule has 8 nitrogen and oxygen atoms in total. The summed E-state index contributed by atoms with van der Waals surface area (Å²) in [5.41, 5.74) is -0.0115. The monoisotopic (exact) mass is 352 g/mol. The van der Waals surface area contributed by atoms with Gasteiger partial charge in [0.2, 0.25) is 19.4 Å². The summed E-state index contributed by atoms with van der Waals surface area (Å²) >= 11 is 0.772. The third-order valence-electron chi connectivity index (χ3n) is 3.13. The zero-order valence-electron chi connectivity index (χ0n) is 12.2. The lowest BCUT2D eigenvalue weighted by atomic mass is 10.1. The van der Waals surface area contributed by atoms with E-state index in [1.165, 1.54) is 13.0 Å². The lowest BCUT2D eigenvalue weighted by molar-refractivity contribution is -0.114. The van der Waals surface area contributed by atoms with E-state index in [1.54, 1.807) is 19.1 Å². The van der Waals surface area contributed by atoms with Gasteiger partial charge in [-0.3, -0.25) is 10.2 Å². The Kier molecular flexibility index (Phi) is 3.72. The molecule has 10 heteroatoms. The zero-order valence-corrected chi connectivity index (χ0v) is 13.9. The van der Waals surface area contributed by atoms with Gasteiger partial charge < -0.3 is 4.42 Å². The van der Waals surface area contributed by atoms with Gasteiger partial charge in [-0.05, 0) is 36.9 Å². The van der Waals surface area contributed by atoms with Crippen LogP contribution in [0.5, 0.6) is 0 Å². The third kappa shape index (κ3) is 2.75. The summed E-state index contributed by atoms with van der Waals surface area (Å²) < 4.78 is 29.0. The van der Waals surface area contributed by atoms with E-state index in [4.69, 9.17) is 9.83 Å². The number of hydrazone groups is 1. The van der Waals surface area contributed by atoms with Crippen LogP contribution in [-0.2, 0) is 14.6 Å². The number of aryl methyl sites for hydroxylation is 1. The van der Waals surface area contributed by atoms with Gasteiger partial charge in [-0.2, -0.15) is 10.0 Å². The predicted molar refractivity (Wildman–Crippen MR) is 87.9 cm³/mol. The molecular formula is C13H12N4O4S2. The second-order valence-electron chi connectivity index (χ2n) is 4.74. The average molecular weight is 352 g/mol. The molecule has 1 aromatic heterocycles. The van der Waals surface area contributed by atoms with E-state index in [-0.39, 0.29) is 26.7 Å². The Morgan fingerprint density at radius 1 is 1.43 bits per heavy atom. The number of amidine groups is 2. The number of carbonyl (C=O) groups excluding carboxylic acids is 1. The molecule has 0 atom stereocenters. The Bertz CT molecular complexity index is 908. The maximum atomic E-state index is 12.1. The van der Waals surface area contributed by atoms with Crippen molar-refractivity contribution >= 4 is 49.0 Å². The van der Waals surface area contributed by atoms with E-state index in [0.717, 1.165) is 16.8 Å². The lowest BCUT2D eigenvalue weighted by Crippen LogP contribution is -2.35. The van der Waals surface area contributed by atoms with Crippen LogP contribution < -0.4 is 0 Å². The Morgan fingerprint density at radius 3 is 2.78 bits per heavy atom. The number of amides is 1. The molecule has 0 saturated heterocycles. The van der Waals surface area contributed by atoms with Crippen molar-refractivity contribution in [3.8, 4) is 0 Å². The highest BCUT2D eigenvalue weighted by Gasteiger charge is 2.39. The Balaban J connectivity index is 2.00. The summed E-state index contributed by atoms with van der Waals surface area (Å²) in [7, 11) is -3.53. The van der Waals surface area contributed by atoms with Gasteiger partial charge in [-0.15, -0.1) is 5.10 Å². The highest BCUT2D eigenvalue weighted by molar-refractivity contribution is 8.42. The van der Waals surface area contributed by atoms with Crippen molar-refractivity contribution in [1.82, 2.24) is 5.01 Å². The number of aliphatic imine (C=N–C) groups is 1. The van der Waals surface area contributed by atoms with Crippen molar-refractivity contribution in [3.63, 3.8) is 0 Å². The quantitative estimate of drug-likeness (QED) is 0.808. The number of sulfone groups is 1. The molecule has 120 valence electrons. The minimum atomic E-state index is -3.53. The minimum Gasteiger partial charge on any atom is -0.462 e. The highest BCUT2D eigenvalue weighted by Crippen LogP contribution is 2.30. The number of rotatable bonds is 2. The molecule has 23 heavy (non-hydrogen) atoms. The number of carbonyl (C=O) groups is 1. The van der Waals surface area contributed by atoms with Crippen LogP contribution in [0.2, 0.25) is 0 Å². The number of furan rings is 1. The van der Waals surface area contributed by atoms with E-state index in [2.05, 4.69) is 10.1 Å². The van der Waals surface area contributed by atoms with Gasteiger partial charge in [0.25, 0.3) is 5.91 Å². The van der Waals surface area contributed by atoms with Gasteiger partial charge in [0.1, 0.15) is 11.5 Å². The zero-order chi connectivity index (χ0) is 16.8. The van der Waals surface area contributed by atoms with Gasteiger partial charge in [0.15, 0.2) is 5.84 Å². The first-order chi connectivity index (χ1) is 10.8. The summed E-state index contributed by atoms with van der Waals surface area (Å²) in [6.07, 6.45) is 1.39. The second kappa shape index (κ2) is 5.46. The summed E-state index contributed by atoms with van der Waals surface area (Å²) in [5.74, 6) is 0.0969. The second-order valence-corrected chi connectivity index (χ2v) is 8.15. The maximum absolute atomic E-state index is 12.1. The number of hydrogen-bond donors (Lipinski definition) is 1. The molecule has 1 amide bonds. The average Bonchev–Trinajstić information content (AvgIpc) is 3.10. The highest BCUT2D eigenvalue weighted by atomic mass is 32.3. The molecule has 2 aliphatic rings. The first-order valence-electron chi connectivity index (χ1n) is 6.61. The third-order valence-corrected chi connectivity index (χ3v) is 6.22. The SMILES string of the molecule is CCS(=O)(=O)C1=NN2C(=N)/C(=C\c3ccc(C)o3)C(=O)N=C2S1. The summed E-state index contributed by atoms with van der Waals surface area (Å²) in [5, 5.41) is 13.1. The fraction of sp³-hybridized carbons (Fsp3) is 0.231. The molecule has 0 fully saturated rings. The van der Waals surface area contributed by atoms with Crippen LogP contribution in [0.4, 0.5) is 0 Å². The van der Waals surface area contributed by atoms with Gasteiger partial charge in [0, 0.05) is 0 Å². The van der Waals surface area contributed by atoms with Gasteiger partial charge in [-0.1, -0.05) is 6.92 Å². The van der Waals surface area contributed by atoms with E-state index in [9.17, 15) is 13.2 Å². The molecule has 3 rings (SSSR count). The minimum absolute atomic E-state index is 0.0115. The molecule has 0 unspecified atom stereocenters. The van der Waals surface area contributed by atoms with E-state index < -0.39 is 15.7 Å². The molecule has 0 spiro atoms. The lowest BCUT2D eigenvalue weighted by Gasteiger charge is -2.19. The smallest absolute Gasteiger partial charge is 0.283 e. The van der Waals surface area contributed by atoms with Crippen LogP contribution in [0.1, 0.15) is 18.4 Å². The Morgan fingerprint density at radius 2 is 2.17 bits per heavy atom. The van der Waals surface area contributed by atoms with Crippen molar-refractivity contribution in [2.75, 3.05) is 5.75 Å². The maximum Gasteiger partial charge on any atom is 0.283 e. The number of thioether (sulfide) groups is 1. The molecule has 2 aliphatic heterocycles. The van der Waals surface area contributed by atoms with Crippen LogP contribution in [0.3, 0.4) is 0 Å². The fourth-order valence-electron chi connectivity index (χ4n) is 1.90. The predicted octanol–water partition coefficient (Wildman–Crippen LogP) is 1.60.